The monoisotopic (exact) mass is 220 g/mol. The second kappa shape index (κ2) is 3.77. The molecule has 1 aliphatic rings. The minimum Gasteiger partial charge on any atom is -0.508 e. The van der Waals surface area contributed by atoms with Crippen LogP contribution in [0.25, 0.3) is 0 Å². The Morgan fingerprint density at radius 2 is 2.06 bits per heavy atom. The Labute approximate surface area is 96.9 Å². The van der Waals surface area contributed by atoms with Crippen molar-refractivity contribution in [2.24, 2.45) is 0 Å². The van der Waals surface area contributed by atoms with Gasteiger partial charge in [-0.2, -0.15) is 0 Å². The van der Waals surface area contributed by atoms with Crippen LogP contribution in [-0.4, -0.2) is 10.2 Å². The van der Waals surface area contributed by atoms with Crippen molar-refractivity contribution in [2.45, 2.75) is 52.1 Å². The molecule has 0 atom stereocenters. The van der Waals surface area contributed by atoms with Gasteiger partial charge in [0.25, 0.3) is 0 Å². The van der Waals surface area contributed by atoms with Gasteiger partial charge in [-0.1, -0.05) is 13.8 Å². The van der Waals surface area contributed by atoms with Crippen molar-refractivity contribution in [2.75, 3.05) is 0 Å². The summed E-state index contributed by atoms with van der Waals surface area (Å²) in [6.45, 7) is 6.38. The number of aromatic hydroxyl groups is 1. The minimum absolute atomic E-state index is 0.0780. The number of hydrogen-bond donors (Lipinski definition) is 2. The van der Waals surface area contributed by atoms with Crippen molar-refractivity contribution < 1.29 is 10.2 Å². The lowest BCUT2D eigenvalue weighted by molar-refractivity contribution is 0.274. The summed E-state index contributed by atoms with van der Waals surface area (Å²) in [5.41, 5.74) is 4.50. The van der Waals surface area contributed by atoms with Crippen LogP contribution in [0.15, 0.2) is 6.07 Å². The second-order valence-electron chi connectivity index (χ2n) is 5.42. The van der Waals surface area contributed by atoms with Crippen molar-refractivity contribution >= 4 is 0 Å². The highest BCUT2D eigenvalue weighted by Gasteiger charge is 2.29. The maximum Gasteiger partial charge on any atom is 0.121 e. The Morgan fingerprint density at radius 3 is 2.69 bits per heavy atom. The zero-order valence-electron chi connectivity index (χ0n) is 10.3. The van der Waals surface area contributed by atoms with Gasteiger partial charge in [0.15, 0.2) is 0 Å². The number of aliphatic hydroxyl groups is 1. The topological polar surface area (TPSA) is 40.5 Å². The Morgan fingerprint density at radius 1 is 1.38 bits per heavy atom. The molecule has 0 aromatic heterocycles. The van der Waals surface area contributed by atoms with Crippen LogP contribution in [0.2, 0.25) is 0 Å². The molecule has 88 valence electrons. The summed E-state index contributed by atoms with van der Waals surface area (Å²) in [6.07, 6.45) is 3.42. The average Bonchev–Trinajstić information content (AvgIpc) is 2.20. The van der Waals surface area contributed by atoms with Crippen molar-refractivity contribution in [3.8, 4) is 5.75 Å². The molecule has 0 saturated carbocycles. The summed E-state index contributed by atoms with van der Waals surface area (Å²) in [6, 6.07) is 1.85. The van der Waals surface area contributed by atoms with E-state index in [-0.39, 0.29) is 17.8 Å². The summed E-state index contributed by atoms with van der Waals surface area (Å²) in [5.74, 6) is 0.244. The number of hydrogen-bond acceptors (Lipinski definition) is 2. The van der Waals surface area contributed by atoms with E-state index in [0.29, 0.717) is 5.56 Å². The number of phenols is 1. The third-order valence-corrected chi connectivity index (χ3v) is 3.94. The number of aliphatic hydroxyl groups excluding tert-OH is 1. The van der Waals surface area contributed by atoms with Gasteiger partial charge in [-0.25, -0.2) is 0 Å². The van der Waals surface area contributed by atoms with E-state index in [0.717, 1.165) is 18.4 Å². The largest absolute Gasteiger partial charge is 0.508 e. The van der Waals surface area contributed by atoms with Crippen molar-refractivity contribution in [3.63, 3.8) is 0 Å². The van der Waals surface area contributed by atoms with Crippen LogP contribution in [0.5, 0.6) is 5.75 Å². The van der Waals surface area contributed by atoms with Crippen LogP contribution >= 0.6 is 0 Å². The van der Waals surface area contributed by atoms with E-state index in [1.807, 2.05) is 13.0 Å². The van der Waals surface area contributed by atoms with Gasteiger partial charge in [-0.3, -0.25) is 0 Å². The predicted octanol–water partition coefficient (Wildman–Crippen LogP) is 2.81. The second-order valence-corrected chi connectivity index (χ2v) is 5.42. The van der Waals surface area contributed by atoms with Gasteiger partial charge in [0.05, 0.1) is 6.61 Å². The van der Waals surface area contributed by atoms with E-state index >= 15 is 0 Å². The van der Waals surface area contributed by atoms with Gasteiger partial charge >= 0.3 is 0 Å². The molecule has 0 heterocycles. The first kappa shape index (κ1) is 11.5. The van der Waals surface area contributed by atoms with Gasteiger partial charge in [0.2, 0.25) is 0 Å². The summed E-state index contributed by atoms with van der Waals surface area (Å²) in [7, 11) is 0. The maximum absolute atomic E-state index is 9.92. The number of benzene rings is 1. The van der Waals surface area contributed by atoms with Crippen molar-refractivity contribution in [1.82, 2.24) is 0 Å². The fourth-order valence-corrected chi connectivity index (χ4v) is 2.85. The number of fused-ring (bicyclic) bond motifs is 1. The summed E-state index contributed by atoms with van der Waals surface area (Å²) in [4.78, 5) is 0. The fourth-order valence-electron chi connectivity index (χ4n) is 2.85. The van der Waals surface area contributed by atoms with Gasteiger partial charge < -0.3 is 10.2 Å². The molecule has 0 spiro atoms. The van der Waals surface area contributed by atoms with E-state index in [9.17, 15) is 10.2 Å². The summed E-state index contributed by atoms with van der Waals surface area (Å²) >= 11 is 0. The zero-order chi connectivity index (χ0) is 11.9. The molecular formula is C14H20O2. The molecule has 0 unspecified atom stereocenters. The Kier molecular flexibility index (Phi) is 2.70. The van der Waals surface area contributed by atoms with Gasteiger partial charge in [0.1, 0.15) is 5.75 Å². The van der Waals surface area contributed by atoms with Gasteiger partial charge in [-0.05, 0) is 54.4 Å². The summed E-state index contributed by atoms with van der Waals surface area (Å²) < 4.78 is 0. The quantitative estimate of drug-likeness (QED) is 0.764. The minimum atomic E-state index is -0.0780. The lowest BCUT2D eigenvalue weighted by Crippen LogP contribution is -2.25. The number of rotatable bonds is 1. The van der Waals surface area contributed by atoms with E-state index in [2.05, 4.69) is 13.8 Å². The molecule has 1 aliphatic carbocycles. The first-order chi connectivity index (χ1) is 7.47. The molecule has 2 N–H and O–H groups in total. The standard InChI is InChI=1S/C14H20O2/c1-9-10-5-4-6-14(2,3)12(10)7-13(16)11(9)8-15/h7,15-16H,4-6,8H2,1-3H3. The Hall–Kier alpha value is -1.02. The van der Waals surface area contributed by atoms with Crippen molar-refractivity contribution in [3.05, 3.63) is 28.3 Å². The lowest BCUT2D eigenvalue weighted by atomic mass is 9.71. The predicted molar refractivity (Wildman–Crippen MR) is 64.7 cm³/mol. The summed E-state index contributed by atoms with van der Waals surface area (Å²) in [5, 5.41) is 19.2. The van der Waals surface area contributed by atoms with E-state index in [1.54, 1.807) is 0 Å². The molecule has 0 aliphatic heterocycles. The highest BCUT2D eigenvalue weighted by atomic mass is 16.3. The molecule has 1 aromatic rings. The molecule has 0 radical (unpaired) electrons. The molecule has 1 aromatic carbocycles. The van der Waals surface area contributed by atoms with Gasteiger partial charge in [-0.15, -0.1) is 0 Å². The molecule has 0 amide bonds. The van der Waals surface area contributed by atoms with Crippen LogP contribution in [0, 0.1) is 6.92 Å². The van der Waals surface area contributed by atoms with Crippen LogP contribution in [0.3, 0.4) is 0 Å². The normalized spacial score (nSPS) is 18.2. The third kappa shape index (κ3) is 1.61. The molecule has 2 nitrogen and oxygen atoms in total. The highest BCUT2D eigenvalue weighted by Crippen LogP contribution is 2.41. The van der Waals surface area contributed by atoms with Crippen LogP contribution < -0.4 is 0 Å². The SMILES string of the molecule is Cc1c(CO)c(O)cc2c1CCCC2(C)C. The van der Waals surface area contributed by atoms with Crippen LogP contribution in [-0.2, 0) is 18.4 Å². The highest BCUT2D eigenvalue weighted by molar-refractivity contribution is 5.51. The average molecular weight is 220 g/mol. The molecule has 0 fully saturated rings. The first-order valence-corrected chi connectivity index (χ1v) is 5.93. The Balaban J connectivity index is 2.67. The van der Waals surface area contributed by atoms with E-state index in [1.165, 1.54) is 17.5 Å². The third-order valence-electron chi connectivity index (χ3n) is 3.94. The molecule has 0 saturated heterocycles. The Bertz CT molecular complexity index is 419. The van der Waals surface area contributed by atoms with Gasteiger partial charge in [0, 0.05) is 5.56 Å². The maximum atomic E-state index is 9.92. The van der Waals surface area contributed by atoms with Crippen LogP contribution in [0.4, 0.5) is 0 Å². The van der Waals surface area contributed by atoms with E-state index < -0.39 is 0 Å². The first-order valence-electron chi connectivity index (χ1n) is 5.93. The molecule has 0 bridgehead atoms. The lowest BCUT2D eigenvalue weighted by Gasteiger charge is -2.34. The van der Waals surface area contributed by atoms with Crippen molar-refractivity contribution in [1.29, 1.82) is 0 Å². The fraction of sp³-hybridized carbons (Fsp3) is 0.571. The van der Waals surface area contributed by atoms with E-state index in [4.69, 9.17) is 0 Å². The molecule has 16 heavy (non-hydrogen) atoms. The molecule has 2 rings (SSSR count). The molecule has 2 heteroatoms. The molecular weight excluding hydrogens is 200 g/mol. The zero-order valence-corrected chi connectivity index (χ0v) is 10.3. The van der Waals surface area contributed by atoms with Crippen LogP contribution in [0.1, 0.15) is 48.9 Å². The smallest absolute Gasteiger partial charge is 0.121 e.